The summed E-state index contributed by atoms with van der Waals surface area (Å²) in [6, 6.07) is 3.97. The van der Waals surface area contributed by atoms with Gasteiger partial charge in [0, 0.05) is 12.8 Å². The minimum Gasteiger partial charge on any atom is -0.229 e. The second-order valence-electron chi connectivity index (χ2n) is 3.38. The highest BCUT2D eigenvalue weighted by atomic mass is 32.2. The first-order valence-corrected chi connectivity index (χ1v) is 6.89. The van der Waals surface area contributed by atoms with Gasteiger partial charge in [-0.25, -0.2) is 8.42 Å². The third kappa shape index (κ3) is 9.24. The Morgan fingerprint density at radius 3 is 1.53 bits per heavy atom. The van der Waals surface area contributed by atoms with Crippen molar-refractivity contribution in [1.29, 1.82) is 10.5 Å². The first-order chi connectivity index (χ1) is 7.12. The molecule has 0 N–H and O–H groups in total. The van der Waals surface area contributed by atoms with Gasteiger partial charge in [0.2, 0.25) is 0 Å². The summed E-state index contributed by atoms with van der Waals surface area (Å²) in [7, 11) is -2.96. The van der Waals surface area contributed by atoms with E-state index < -0.39 is 9.84 Å². The molecule has 0 amide bonds. The highest BCUT2D eigenvalue weighted by Crippen LogP contribution is 2.04. The summed E-state index contributed by atoms with van der Waals surface area (Å²) in [4.78, 5) is 0. The minimum atomic E-state index is -2.96. The third-order valence-corrected chi connectivity index (χ3v) is 3.81. The van der Waals surface area contributed by atoms with E-state index in [1.54, 1.807) is 0 Å². The molecule has 0 rings (SSSR count). The van der Waals surface area contributed by atoms with Gasteiger partial charge in [0.1, 0.15) is 9.84 Å². The number of hydrogen-bond acceptors (Lipinski definition) is 4. The van der Waals surface area contributed by atoms with Crippen molar-refractivity contribution in [2.24, 2.45) is 0 Å². The zero-order valence-electron chi connectivity index (χ0n) is 8.78. The zero-order valence-corrected chi connectivity index (χ0v) is 9.59. The second-order valence-corrected chi connectivity index (χ2v) is 5.69. The number of nitriles is 2. The quantitative estimate of drug-likeness (QED) is 0.593. The van der Waals surface area contributed by atoms with Crippen molar-refractivity contribution in [1.82, 2.24) is 0 Å². The Hall–Kier alpha value is -1.07. The van der Waals surface area contributed by atoms with Crippen LogP contribution in [0.25, 0.3) is 0 Å². The number of unbranched alkanes of at least 4 members (excludes halogenated alkanes) is 4. The molecule has 5 heteroatoms. The lowest BCUT2D eigenvalue weighted by molar-refractivity contribution is 0.587. The lowest BCUT2D eigenvalue weighted by Gasteiger charge is -2.01. The van der Waals surface area contributed by atoms with Crippen molar-refractivity contribution in [3.8, 4) is 12.1 Å². The maximum atomic E-state index is 11.4. The summed E-state index contributed by atoms with van der Waals surface area (Å²) in [5.41, 5.74) is 0. The first-order valence-electron chi connectivity index (χ1n) is 5.07. The molecule has 0 aliphatic rings. The van der Waals surface area contributed by atoms with Crippen LogP contribution in [0.2, 0.25) is 0 Å². The standard InChI is InChI=1S/C10H16N2O2S/c11-7-3-1-5-9-15(13,14)10-6-2-4-8-12/h1-6,9-10H2. The topological polar surface area (TPSA) is 81.7 Å². The average Bonchev–Trinajstić information content (AvgIpc) is 2.20. The minimum absolute atomic E-state index is 0.168. The summed E-state index contributed by atoms with van der Waals surface area (Å²) in [5.74, 6) is 0.336. The predicted molar refractivity (Wildman–Crippen MR) is 57.6 cm³/mol. The first kappa shape index (κ1) is 13.9. The van der Waals surface area contributed by atoms with Gasteiger partial charge in [-0.3, -0.25) is 0 Å². The van der Waals surface area contributed by atoms with Gasteiger partial charge < -0.3 is 0 Å². The molecule has 84 valence electrons. The van der Waals surface area contributed by atoms with Crippen molar-refractivity contribution >= 4 is 9.84 Å². The van der Waals surface area contributed by atoms with Crippen LogP contribution in [0, 0.1) is 22.7 Å². The summed E-state index contributed by atoms with van der Waals surface area (Å²) >= 11 is 0. The third-order valence-electron chi connectivity index (χ3n) is 1.99. The fraction of sp³-hybridized carbons (Fsp3) is 0.800. The van der Waals surface area contributed by atoms with E-state index in [1.807, 2.05) is 12.1 Å². The van der Waals surface area contributed by atoms with Gasteiger partial charge in [-0.05, 0) is 25.7 Å². The normalized spacial score (nSPS) is 10.5. The van der Waals surface area contributed by atoms with Crippen LogP contribution in [0.1, 0.15) is 38.5 Å². The Morgan fingerprint density at radius 2 is 1.20 bits per heavy atom. The van der Waals surface area contributed by atoms with E-state index in [2.05, 4.69) is 0 Å². The fourth-order valence-electron chi connectivity index (χ4n) is 1.15. The van der Waals surface area contributed by atoms with E-state index in [4.69, 9.17) is 10.5 Å². The highest BCUT2D eigenvalue weighted by Gasteiger charge is 2.09. The molecular formula is C10H16N2O2S. The molecule has 0 aromatic heterocycles. The number of nitrogens with zero attached hydrogens (tertiary/aromatic N) is 2. The van der Waals surface area contributed by atoms with E-state index in [-0.39, 0.29) is 11.5 Å². The van der Waals surface area contributed by atoms with Crippen LogP contribution in [-0.2, 0) is 9.84 Å². The van der Waals surface area contributed by atoms with E-state index in [0.717, 1.165) is 0 Å². The Morgan fingerprint density at radius 1 is 0.800 bits per heavy atom. The molecule has 0 radical (unpaired) electrons. The smallest absolute Gasteiger partial charge is 0.150 e. The molecule has 0 spiro atoms. The largest absolute Gasteiger partial charge is 0.229 e. The molecule has 0 aliphatic carbocycles. The Kier molecular flexibility index (Phi) is 7.67. The van der Waals surface area contributed by atoms with Gasteiger partial charge in [0.15, 0.2) is 0 Å². The monoisotopic (exact) mass is 228 g/mol. The average molecular weight is 228 g/mol. The summed E-state index contributed by atoms with van der Waals surface area (Å²) in [6.07, 6.45) is 3.26. The molecule has 0 saturated heterocycles. The lowest BCUT2D eigenvalue weighted by Crippen LogP contribution is -2.11. The van der Waals surface area contributed by atoms with Crippen molar-refractivity contribution in [3.63, 3.8) is 0 Å². The van der Waals surface area contributed by atoms with Crippen LogP contribution >= 0.6 is 0 Å². The number of rotatable bonds is 8. The lowest BCUT2D eigenvalue weighted by atomic mass is 10.3. The van der Waals surface area contributed by atoms with Crippen molar-refractivity contribution < 1.29 is 8.42 Å². The second kappa shape index (κ2) is 8.26. The fourth-order valence-corrected chi connectivity index (χ4v) is 2.65. The summed E-state index contributed by atoms with van der Waals surface area (Å²) in [5, 5.41) is 16.5. The van der Waals surface area contributed by atoms with Crippen LogP contribution < -0.4 is 0 Å². The molecule has 0 bridgehead atoms. The van der Waals surface area contributed by atoms with E-state index in [9.17, 15) is 8.42 Å². The van der Waals surface area contributed by atoms with Gasteiger partial charge in [-0.1, -0.05) is 0 Å². The van der Waals surface area contributed by atoms with Gasteiger partial charge in [0.25, 0.3) is 0 Å². The molecule has 0 aliphatic heterocycles. The van der Waals surface area contributed by atoms with Crippen LogP contribution in [0.4, 0.5) is 0 Å². The maximum Gasteiger partial charge on any atom is 0.150 e. The molecule has 0 unspecified atom stereocenters. The molecule has 4 nitrogen and oxygen atoms in total. The van der Waals surface area contributed by atoms with Crippen LogP contribution in [0.3, 0.4) is 0 Å². The van der Waals surface area contributed by atoms with Gasteiger partial charge in [-0.15, -0.1) is 0 Å². The molecule has 0 saturated carbocycles. The number of sulfone groups is 1. The zero-order chi connectivity index (χ0) is 11.6. The van der Waals surface area contributed by atoms with E-state index in [0.29, 0.717) is 38.5 Å². The van der Waals surface area contributed by atoms with Gasteiger partial charge >= 0.3 is 0 Å². The number of hydrogen-bond donors (Lipinski definition) is 0. The van der Waals surface area contributed by atoms with Crippen molar-refractivity contribution in [3.05, 3.63) is 0 Å². The van der Waals surface area contributed by atoms with Crippen LogP contribution in [0.15, 0.2) is 0 Å². The van der Waals surface area contributed by atoms with E-state index >= 15 is 0 Å². The Bertz CT molecular complexity index is 307. The van der Waals surface area contributed by atoms with E-state index in [1.165, 1.54) is 0 Å². The molecule has 0 aromatic rings. The van der Waals surface area contributed by atoms with Crippen LogP contribution in [-0.4, -0.2) is 19.9 Å². The predicted octanol–water partition coefficient (Wildman–Crippen LogP) is 1.79. The molecule has 0 aromatic carbocycles. The SMILES string of the molecule is N#CCCCCS(=O)(=O)CCCCC#N. The van der Waals surface area contributed by atoms with Gasteiger partial charge in [-0.2, -0.15) is 10.5 Å². The summed E-state index contributed by atoms with van der Waals surface area (Å²) in [6.45, 7) is 0. The highest BCUT2D eigenvalue weighted by molar-refractivity contribution is 7.91. The molecule has 0 atom stereocenters. The Balaban J connectivity index is 3.61. The van der Waals surface area contributed by atoms with Crippen molar-refractivity contribution in [2.45, 2.75) is 38.5 Å². The van der Waals surface area contributed by atoms with Crippen molar-refractivity contribution in [2.75, 3.05) is 11.5 Å². The molecule has 0 fully saturated rings. The van der Waals surface area contributed by atoms with Gasteiger partial charge in [0.05, 0.1) is 23.6 Å². The Labute approximate surface area is 91.4 Å². The molecule has 15 heavy (non-hydrogen) atoms. The molecule has 0 heterocycles. The summed E-state index contributed by atoms with van der Waals surface area (Å²) < 4.78 is 22.8. The maximum absolute atomic E-state index is 11.4. The molecular weight excluding hydrogens is 212 g/mol. The van der Waals surface area contributed by atoms with Crippen LogP contribution in [0.5, 0.6) is 0 Å².